The molecule has 0 radical (unpaired) electrons. The maximum atomic E-state index is 12.9. The van der Waals surface area contributed by atoms with Crippen molar-refractivity contribution < 1.29 is 9.72 Å². The highest BCUT2D eigenvalue weighted by Crippen LogP contribution is 2.23. The zero-order valence-electron chi connectivity index (χ0n) is 17.2. The first-order valence-corrected chi connectivity index (χ1v) is 10.3. The number of nitrogens with zero attached hydrogens (tertiary/aromatic N) is 5. The van der Waals surface area contributed by atoms with Crippen LogP contribution >= 0.6 is 15.9 Å². The molecular formula is C20H23BrN6O3. The van der Waals surface area contributed by atoms with Gasteiger partial charge in [-0.25, -0.2) is 0 Å². The van der Waals surface area contributed by atoms with Gasteiger partial charge in [-0.15, -0.1) is 0 Å². The fourth-order valence-electron chi connectivity index (χ4n) is 3.32. The van der Waals surface area contributed by atoms with Crippen molar-refractivity contribution in [3.05, 3.63) is 67.6 Å². The molecule has 1 unspecified atom stereocenters. The van der Waals surface area contributed by atoms with Gasteiger partial charge in [-0.1, -0.05) is 19.1 Å². The number of anilines is 1. The Morgan fingerprint density at radius 2 is 2.00 bits per heavy atom. The van der Waals surface area contributed by atoms with Crippen LogP contribution in [0.3, 0.4) is 0 Å². The van der Waals surface area contributed by atoms with Crippen LogP contribution in [0, 0.1) is 30.9 Å². The first-order chi connectivity index (χ1) is 14.2. The highest BCUT2D eigenvalue weighted by atomic mass is 79.9. The summed E-state index contributed by atoms with van der Waals surface area (Å²) in [7, 11) is 0. The number of hydrogen-bond acceptors (Lipinski definition) is 5. The summed E-state index contributed by atoms with van der Waals surface area (Å²) in [6, 6.07) is 8.27. The van der Waals surface area contributed by atoms with Crippen LogP contribution in [0.1, 0.15) is 42.0 Å². The summed E-state index contributed by atoms with van der Waals surface area (Å²) < 4.78 is 4.30. The second-order valence-electron chi connectivity index (χ2n) is 7.10. The number of nitro groups is 1. The van der Waals surface area contributed by atoms with E-state index in [-0.39, 0.29) is 11.7 Å². The van der Waals surface area contributed by atoms with E-state index < -0.39 is 11.0 Å². The molecule has 0 saturated carbocycles. The van der Waals surface area contributed by atoms with Gasteiger partial charge in [0.15, 0.2) is 6.04 Å². The maximum Gasteiger partial charge on any atom is 0.390 e. The molecule has 2 heterocycles. The van der Waals surface area contributed by atoms with Crippen molar-refractivity contribution >= 4 is 33.3 Å². The average Bonchev–Trinajstić information content (AvgIpc) is 3.18. The molecule has 1 amide bonds. The second kappa shape index (κ2) is 8.78. The molecule has 1 aromatic carbocycles. The molecule has 1 N–H and O–H groups in total. The fourth-order valence-corrected chi connectivity index (χ4v) is 3.60. The van der Waals surface area contributed by atoms with E-state index in [2.05, 4.69) is 31.4 Å². The summed E-state index contributed by atoms with van der Waals surface area (Å²) in [6.45, 7) is 8.05. The third-order valence-corrected chi connectivity index (χ3v) is 6.05. The summed E-state index contributed by atoms with van der Waals surface area (Å²) in [5.74, 6) is -0.540. The smallest absolute Gasteiger partial charge is 0.358 e. The number of rotatable bonds is 7. The predicted octanol–water partition coefficient (Wildman–Crippen LogP) is 4.31. The van der Waals surface area contributed by atoms with Gasteiger partial charge >= 0.3 is 5.82 Å². The number of amides is 1. The Kier molecular flexibility index (Phi) is 6.35. The Morgan fingerprint density at radius 1 is 1.27 bits per heavy atom. The topological polar surface area (TPSA) is 108 Å². The van der Waals surface area contributed by atoms with Crippen molar-refractivity contribution in [1.29, 1.82) is 0 Å². The molecule has 1 atom stereocenters. The zero-order chi connectivity index (χ0) is 22.0. The number of carbonyl (C=O) groups is 1. The second-order valence-corrected chi connectivity index (χ2v) is 7.89. The molecule has 0 aliphatic heterocycles. The molecule has 0 spiro atoms. The molecule has 3 rings (SSSR count). The van der Waals surface area contributed by atoms with E-state index >= 15 is 0 Å². The summed E-state index contributed by atoms with van der Waals surface area (Å²) in [4.78, 5) is 23.3. The van der Waals surface area contributed by atoms with Crippen LogP contribution in [0.5, 0.6) is 0 Å². The first kappa shape index (κ1) is 21.7. The Balaban J connectivity index is 1.78. The molecule has 0 bridgehead atoms. The van der Waals surface area contributed by atoms with Gasteiger partial charge in [0, 0.05) is 5.69 Å². The highest BCUT2D eigenvalue weighted by molar-refractivity contribution is 9.10. The van der Waals surface area contributed by atoms with Gasteiger partial charge in [0.1, 0.15) is 0 Å². The Labute approximate surface area is 182 Å². The van der Waals surface area contributed by atoms with Gasteiger partial charge in [-0.05, 0) is 65.7 Å². The van der Waals surface area contributed by atoms with Gasteiger partial charge < -0.3 is 15.4 Å². The van der Waals surface area contributed by atoms with Crippen LogP contribution in [-0.2, 0) is 11.3 Å². The number of aromatic nitrogens is 4. The summed E-state index contributed by atoms with van der Waals surface area (Å²) in [6.07, 6.45) is 0.449. The van der Waals surface area contributed by atoms with E-state index in [0.717, 1.165) is 21.4 Å². The number of carbonyl (C=O) groups excluding carboxylic acids is 1. The lowest BCUT2D eigenvalue weighted by atomic mass is 10.1. The minimum absolute atomic E-state index is 0.267. The highest BCUT2D eigenvalue weighted by Gasteiger charge is 2.27. The largest absolute Gasteiger partial charge is 0.390 e. The SMILES string of the molecule is CCC(C(=O)Nc1cccc(Cn2nc(C)c(Br)c2C)c1)n1nc([N+](=O)[O-])cc1C. The van der Waals surface area contributed by atoms with E-state index in [1.807, 2.05) is 49.7 Å². The van der Waals surface area contributed by atoms with Crippen LogP contribution in [0.2, 0.25) is 0 Å². The van der Waals surface area contributed by atoms with E-state index in [9.17, 15) is 14.9 Å². The zero-order valence-corrected chi connectivity index (χ0v) is 18.8. The molecule has 3 aromatic rings. The van der Waals surface area contributed by atoms with Gasteiger partial charge in [-0.2, -0.15) is 9.78 Å². The van der Waals surface area contributed by atoms with Crippen molar-refractivity contribution in [1.82, 2.24) is 19.6 Å². The van der Waals surface area contributed by atoms with Crippen molar-refractivity contribution in [3.8, 4) is 0 Å². The molecule has 0 saturated heterocycles. The molecule has 0 fully saturated rings. The molecule has 0 aliphatic rings. The Morgan fingerprint density at radius 3 is 2.57 bits per heavy atom. The molecule has 9 nitrogen and oxygen atoms in total. The molecule has 10 heteroatoms. The standard InChI is InChI=1S/C20H23BrN6O3/c1-5-17(26-12(2)9-18(24-26)27(29)30)20(28)22-16-8-6-7-15(10-16)11-25-14(4)19(21)13(3)23-25/h6-10,17H,5,11H2,1-4H3,(H,22,28). The number of aryl methyl sites for hydroxylation is 2. The van der Waals surface area contributed by atoms with Gasteiger partial charge in [-0.3, -0.25) is 9.48 Å². The first-order valence-electron chi connectivity index (χ1n) is 9.51. The fraction of sp³-hybridized carbons (Fsp3) is 0.350. The van der Waals surface area contributed by atoms with Crippen molar-refractivity contribution in [2.24, 2.45) is 0 Å². The van der Waals surface area contributed by atoms with Crippen LogP contribution < -0.4 is 5.32 Å². The van der Waals surface area contributed by atoms with Crippen molar-refractivity contribution in [3.63, 3.8) is 0 Å². The minimum atomic E-state index is -0.644. The van der Waals surface area contributed by atoms with Crippen LogP contribution in [0.4, 0.5) is 11.5 Å². The third-order valence-electron chi connectivity index (χ3n) is 4.90. The van der Waals surface area contributed by atoms with E-state index in [1.54, 1.807) is 6.92 Å². The van der Waals surface area contributed by atoms with Crippen LogP contribution in [-0.4, -0.2) is 30.4 Å². The minimum Gasteiger partial charge on any atom is -0.358 e. The Hall–Kier alpha value is -3.01. The Bertz CT molecular complexity index is 1100. The third kappa shape index (κ3) is 4.43. The van der Waals surface area contributed by atoms with E-state index in [4.69, 9.17) is 0 Å². The normalized spacial score (nSPS) is 12.0. The number of halogens is 1. The summed E-state index contributed by atoms with van der Waals surface area (Å²) in [5, 5.41) is 22.4. The van der Waals surface area contributed by atoms with Crippen molar-refractivity contribution in [2.75, 3.05) is 5.32 Å². The van der Waals surface area contributed by atoms with Gasteiger partial charge in [0.05, 0.1) is 39.3 Å². The molecular weight excluding hydrogens is 452 g/mol. The number of benzene rings is 1. The molecule has 2 aromatic heterocycles. The van der Waals surface area contributed by atoms with E-state index in [0.29, 0.717) is 24.3 Å². The van der Waals surface area contributed by atoms with Crippen molar-refractivity contribution in [2.45, 2.75) is 46.7 Å². The lowest BCUT2D eigenvalue weighted by Crippen LogP contribution is -2.27. The molecule has 30 heavy (non-hydrogen) atoms. The van der Waals surface area contributed by atoms with Crippen LogP contribution in [0.25, 0.3) is 0 Å². The summed E-state index contributed by atoms with van der Waals surface area (Å²) >= 11 is 3.53. The quantitative estimate of drug-likeness (QED) is 0.405. The van der Waals surface area contributed by atoms with Gasteiger partial charge in [0.2, 0.25) is 0 Å². The maximum absolute atomic E-state index is 12.9. The van der Waals surface area contributed by atoms with Crippen LogP contribution in [0.15, 0.2) is 34.8 Å². The average molecular weight is 475 g/mol. The summed E-state index contributed by atoms with van der Waals surface area (Å²) in [5.41, 5.74) is 4.16. The van der Waals surface area contributed by atoms with Gasteiger partial charge in [0.25, 0.3) is 5.91 Å². The number of nitrogens with one attached hydrogen (secondary N) is 1. The van der Waals surface area contributed by atoms with E-state index in [1.165, 1.54) is 10.7 Å². The lowest BCUT2D eigenvalue weighted by molar-refractivity contribution is -0.389. The predicted molar refractivity (Wildman–Crippen MR) is 117 cm³/mol. The number of hydrogen-bond donors (Lipinski definition) is 1. The lowest BCUT2D eigenvalue weighted by Gasteiger charge is -2.15. The molecule has 158 valence electrons. The monoisotopic (exact) mass is 474 g/mol. The molecule has 0 aliphatic carbocycles.